The van der Waals surface area contributed by atoms with E-state index < -0.39 is 0 Å². The third kappa shape index (κ3) is 2.97. The van der Waals surface area contributed by atoms with Gasteiger partial charge in [-0.05, 0) is 24.6 Å². The van der Waals surface area contributed by atoms with E-state index in [9.17, 15) is 0 Å². The van der Waals surface area contributed by atoms with Crippen LogP contribution in [0.25, 0.3) is 0 Å². The summed E-state index contributed by atoms with van der Waals surface area (Å²) in [6.07, 6.45) is 1.85. The summed E-state index contributed by atoms with van der Waals surface area (Å²) < 4.78 is 0. The Morgan fingerprint density at radius 2 is 2.29 bits per heavy atom. The Kier molecular flexibility index (Phi) is 3.64. The quantitative estimate of drug-likeness (QED) is 0.815. The van der Waals surface area contributed by atoms with Gasteiger partial charge in [0.2, 0.25) is 0 Å². The summed E-state index contributed by atoms with van der Waals surface area (Å²) in [5.41, 5.74) is 8.89. The van der Waals surface area contributed by atoms with Gasteiger partial charge in [-0.1, -0.05) is 13.0 Å². The number of hydrogen-bond acceptors (Lipinski definition) is 4. The molecule has 1 aromatic heterocycles. The van der Waals surface area contributed by atoms with E-state index >= 15 is 0 Å². The highest BCUT2D eigenvalue weighted by molar-refractivity contribution is 7.09. The average Bonchev–Trinajstić information content (AvgIpc) is 2.83. The number of hydrogen-bond donors (Lipinski definition) is 2. The van der Waals surface area contributed by atoms with Gasteiger partial charge in [0.05, 0.1) is 5.01 Å². The number of benzene rings is 1. The van der Waals surface area contributed by atoms with Gasteiger partial charge in [-0.3, -0.25) is 0 Å². The Morgan fingerprint density at radius 1 is 1.47 bits per heavy atom. The lowest BCUT2D eigenvalue weighted by Crippen LogP contribution is -2.10. The molecule has 90 valence electrons. The Balaban J connectivity index is 2.00. The maximum absolute atomic E-state index is 5.78. The highest BCUT2D eigenvalue weighted by Crippen LogP contribution is 2.21. The second-order valence-corrected chi connectivity index (χ2v) is 5.15. The Morgan fingerprint density at radius 3 is 3.00 bits per heavy atom. The predicted molar refractivity (Wildman–Crippen MR) is 74.6 cm³/mol. The molecule has 0 aliphatic heterocycles. The lowest BCUT2D eigenvalue weighted by Gasteiger charge is -2.13. The second kappa shape index (κ2) is 5.19. The van der Waals surface area contributed by atoms with E-state index in [-0.39, 0.29) is 0 Å². The van der Waals surface area contributed by atoms with Crippen molar-refractivity contribution in [2.45, 2.75) is 19.8 Å². The highest BCUT2D eigenvalue weighted by atomic mass is 32.1. The molecule has 1 heterocycles. The van der Waals surface area contributed by atoms with Gasteiger partial charge in [-0.15, -0.1) is 11.3 Å². The van der Waals surface area contributed by atoms with Gasteiger partial charge in [0, 0.05) is 35.4 Å². The predicted octanol–water partition coefficient (Wildman–Crippen LogP) is 3.25. The largest absolute Gasteiger partial charge is 0.399 e. The molecule has 2 aromatic rings. The van der Waals surface area contributed by atoms with Crippen molar-refractivity contribution in [1.29, 1.82) is 0 Å². The first kappa shape index (κ1) is 11.9. The topological polar surface area (TPSA) is 50.9 Å². The summed E-state index contributed by atoms with van der Waals surface area (Å²) in [7, 11) is 0. The van der Waals surface area contributed by atoms with Crippen molar-refractivity contribution >= 4 is 22.7 Å². The van der Waals surface area contributed by atoms with Crippen LogP contribution in [0.1, 0.15) is 23.4 Å². The first-order chi connectivity index (χ1) is 8.16. The molecule has 17 heavy (non-hydrogen) atoms. The lowest BCUT2D eigenvalue weighted by molar-refractivity contribution is 0.794. The number of nitrogens with zero attached hydrogens (tertiary/aromatic N) is 1. The van der Waals surface area contributed by atoms with Crippen LogP contribution in [0, 0.1) is 6.92 Å². The number of nitrogens with one attached hydrogen (secondary N) is 1. The average molecular weight is 247 g/mol. The maximum Gasteiger partial charge on any atom is 0.0970 e. The Labute approximate surface area is 106 Å². The zero-order valence-electron chi connectivity index (χ0n) is 10.1. The second-order valence-electron chi connectivity index (χ2n) is 4.23. The van der Waals surface area contributed by atoms with Crippen LogP contribution in [-0.4, -0.2) is 11.5 Å². The fourth-order valence-electron chi connectivity index (χ4n) is 1.66. The summed E-state index contributed by atoms with van der Waals surface area (Å²) in [6, 6.07) is 5.93. The van der Waals surface area contributed by atoms with Crippen molar-refractivity contribution in [2.75, 3.05) is 17.6 Å². The van der Waals surface area contributed by atoms with Crippen LogP contribution in [0.2, 0.25) is 0 Å². The van der Waals surface area contributed by atoms with Gasteiger partial charge in [-0.25, -0.2) is 4.98 Å². The summed E-state index contributed by atoms with van der Waals surface area (Å²) >= 11 is 1.70. The normalized spacial score (nSPS) is 12.4. The molecule has 1 unspecified atom stereocenters. The molecule has 0 spiro atoms. The van der Waals surface area contributed by atoms with E-state index in [1.165, 1.54) is 10.6 Å². The maximum atomic E-state index is 5.78. The van der Waals surface area contributed by atoms with Crippen molar-refractivity contribution in [3.8, 4) is 0 Å². The van der Waals surface area contributed by atoms with E-state index in [4.69, 9.17) is 5.73 Å². The molecule has 0 fully saturated rings. The van der Waals surface area contributed by atoms with Crippen LogP contribution in [-0.2, 0) is 0 Å². The van der Waals surface area contributed by atoms with Crippen molar-refractivity contribution in [3.05, 3.63) is 40.3 Å². The van der Waals surface area contributed by atoms with Gasteiger partial charge in [-0.2, -0.15) is 0 Å². The molecule has 0 amide bonds. The van der Waals surface area contributed by atoms with Crippen molar-refractivity contribution in [1.82, 2.24) is 4.98 Å². The number of aryl methyl sites for hydroxylation is 1. The Bertz CT molecular complexity index is 479. The molecule has 0 aliphatic carbocycles. The van der Waals surface area contributed by atoms with Crippen LogP contribution in [0.5, 0.6) is 0 Å². The van der Waals surface area contributed by atoms with E-state index in [0.717, 1.165) is 17.9 Å². The molecule has 0 aliphatic rings. The fraction of sp³-hybridized carbons (Fsp3) is 0.308. The summed E-state index contributed by atoms with van der Waals surface area (Å²) in [6.45, 7) is 5.13. The third-order valence-corrected chi connectivity index (χ3v) is 3.74. The van der Waals surface area contributed by atoms with Crippen LogP contribution >= 0.6 is 11.3 Å². The van der Waals surface area contributed by atoms with Gasteiger partial charge < -0.3 is 11.1 Å². The third-order valence-electron chi connectivity index (χ3n) is 2.73. The highest BCUT2D eigenvalue weighted by Gasteiger charge is 2.08. The minimum absolute atomic E-state index is 0.413. The van der Waals surface area contributed by atoms with Crippen molar-refractivity contribution in [3.63, 3.8) is 0 Å². The molecule has 1 aromatic carbocycles. The summed E-state index contributed by atoms with van der Waals surface area (Å²) in [5.74, 6) is 0.413. The monoisotopic (exact) mass is 247 g/mol. The molecule has 0 radical (unpaired) electrons. The van der Waals surface area contributed by atoms with Gasteiger partial charge in [0.15, 0.2) is 0 Å². The number of thiazole rings is 1. The molecule has 4 heteroatoms. The molecule has 1 atom stereocenters. The SMILES string of the molecule is Cc1ccc(N)cc1NCC(C)c1nccs1. The molecule has 3 nitrogen and oxygen atoms in total. The summed E-state index contributed by atoms with van der Waals surface area (Å²) in [4.78, 5) is 4.32. The van der Waals surface area contributed by atoms with Crippen LogP contribution in [0.15, 0.2) is 29.8 Å². The number of anilines is 2. The zero-order chi connectivity index (χ0) is 12.3. The number of nitrogens with two attached hydrogens (primary N) is 1. The Hall–Kier alpha value is -1.55. The standard InChI is InChI=1S/C13H17N3S/c1-9-3-4-11(14)7-12(9)16-8-10(2)13-15-5-6-17-13/h3-7,10,16H,8,14H2,1-2H3. The molecule has 0 bridgehead atoms. The van der Waals surface area contributed by atoms with Crippen molar-refractivity contribution in [2.24, 2.45) is 0 Å². The van der Waals surface area contributed by atoms with E-state index in [1.54, 1.807) is 11.3 Å². The number of aromatic nitrogens is 1. The van der Waals surface area contributed by atoms with Crippen molar-refractivity contribution < 1.29 is 0 Å². The van der Waals surface area contributed by atoms with Crippen LogP contribution in [0.3, 0.4) is 0 Å². The zero-order valence-corrected chi connectivity index (χ0v) is 10.9. The first-order valence-electron chi connectivity index (χ1n) is 5.66. The van der Waals surface area contributed by atoms with E-state index in [2.05, 4.69) is 24.1 Å². The molecule has 0 saturated heterocycles. The fourth-order valence-corrected chi connectivity index (χ4v) is 2.36. The molecular formula is C13H17N3S. The van der Waals surface area contributed by atoms with E-state index in [1.807, 2.05) is 29.8 Å². The first-order valence-corrected chi connectivity index (χ1v) is 6.54. The van der Waals surface area contributed by atoms with Crippen LogP contribution in [0.4, 0.5) is 11.4 Å². The minimum atomic E-state index is 0.413. The smallest absolute Gasteiger partial charge is 0.0970 e. The molecule has 3 N–H and O–H groups in total. The molecular weight excluding hydrogens is 230 g/mol. The molecule has 2 rings (SSSR count). The van der Waals surface area contributed by atoms with E-state index in [0.29, 0.717) is 5.92 Å². The minimum Gasteiger partial charge on any atom is -0.399 e. The number of nitrogen functional groups attached to an aromatic ring is 1. The summed E-state index contributed by atoms with van der Waals surface area (Å²) in [5, 5.41) is 6.61. The van der Waals surface area contributed by atoms with Gasteiger partial charge >= 0.3 is 0 Å². The van der Waals surface area contributed by atoms with Gasteiger partial charge in [0.1, 0.15) is 0 Å². The number of rotatable bonds is 4. The lowest BCUT2D eigenvalue weighted by atomic mass is 10.1. The van der Waals surface area contributed by atoms with Crippen LogP contribution < -0.4 is 11.1 Å². The molecule has 0 saturated carbocycles. The van der Waals surface area contributed by atoms with Gasteiger partial charge in [0.25, 0.3) is 0 Å².